The highest BCUT2D eigenvalue weighted by Crippen LogP contribution is 2.18. The van der Waals surface area contributed by atoms with E-state index in [2.05, 4.69) is 10.3 Å². The maximum Gasteiger partial charge on any atom is 0.0954 e. The Morgan fingerprint density at radius 1 is 1.75 bits per heavy atom. The summed E-state index contributed by atoms with van der Waals surface area (Å²) in [6, 6.07) is 0. The Hall–Kier alpha value is -0.120. The highest BCUT2D eigenvalue weighted by Gasteiger charge is 2.03. The number of halogens is 1. The molecule has 0 aromatic carbocycles. The molecule has 1 aromatic rings. The van der Waals surface area contributed by atoms with E-state index in [9.17, 15) is 0 Å². The first-order chi connectivity index (χ1) is 7.66. The van der Waals surface area contributed by atoms with Crippen molar-refractivity contribution in [3.8, 4) is 0 Å². The monoisotopic (exact) mass is 212 g/mol. The lowest BCUT2D eigenvalue weighted by molar-refractivity contribution is 0.776. The van der Waals surface area contributed by atoms with Crippen LogP contribution in [0.25, 0.3) is 0 Å². The van der Waals surface area contributed by atoms with E-state index in [1.54, 1.807) is 12.4 Å². The molecule has 70 valence electrons. The minimum Gasteiger partial charge on any atom is -0.314 e. The highest BCUT2D eigenvalue weighted by atomic mass is 35.5. The molecule has 0 unspecified atom stereocenters. The molecule has 0 bridgehead atoms. The highest BCUT2D eigenvalue weighted by molar-refractivity contribution is 7.09. The van der Waals surface area contributed by atoms with Crippen molar-refractivity contribution in [3.63, 3.8) is 0 Å². The standard InChI is InChI=1S/C8H14N2S.ClH/c1-6(2)8-10-7(4-9-3)5-11-8;/h5-6,9H,4H2,1-3H3;1H/i1D3,2D3;. The third-order valence-electron chi connectivity index (χ3n) is 1.17. The number of hydrogen-bond acceptors (Lipinski definition) is 3. The van der Waals surface area contributed by atoms with Crippen LogP contribution in [0.1, 0.15) is 38.5 Å². The van der Waals surface area contributed by atoms with Crippen LogP contribution in [0.4, 0.5) is 0 Å². The zero-order chi connectivity index (χ0) is 13.3. The lowest BCUT2D eigenvalue weighted by Gasteiger charge is -1.96. The third-order valence-corrected chi connectivity index (χ3v) is 2.13. The molecule has 0 saturated carbocycles. The quantitative estimate of drug-likeness (QED) is 0.833. The van der Waals surface area contributed by atoms with E-state index < -0.39 is 19.6 Å². The summed E-state index contributed by atoms with van der Waals surface area (Å²) in [6.45, 7) is -4.65. The minimum absolute atomic E-state index is 0. The molecule has 1 N–H and O–H groups in total. The molecule has 12 heavy (non-hydrogen) atoms. The van der Waals surface area contributed by atoms with E-state index in [1.165, 1.54) is 0 Å². The molecule has 1 rings (SSSR count). The molecule has 2 nitrogen and oxygen atoms in total. The van der Waals surface area contributed by atoms with Crippen LogP contribution in [0.15, 0.2) is 5.38 Å². The lowest BCUT2D eigenvalue weighted by Crippen LogP contribution is -2.05. The van der Waals surface area contributed by atoms with Gasteiger partial charge in [-0.15, -0.1) is 23.7 Å². The van der Waals surface area contributed by atoms with Gasteiger partial charge in [0.2, 0.25) is 0 Å². The van der Waals surface area contributed by atoms with Crippen molar-refractivity contribution in [3.05, 3.63) is 16.1 Å². The third kappa shape index (κ3) is 3.09. The van der Waals surface area contributed by atoms with Gasteiger partial charge in [-0.2, -0.15) is 0 Å². The molecule has 1 heterocycles. The average Bonchev–Trinajstić information content (AvgIpc) is 2.47. The SMILES string of the molecule is Cl.[2H]C([2H])([2H])C(c1nc(CNC)cs1)C([2H])([2H])[2H]. The van der Waals surface area contributed by atoms with E-state index >= 15 is 0 Å². The molecule has 0 aliphatic heterocycles. The van der Waals surface area contributed by atoms with Crippen LogP contribution in [-0.2, 0) is 6.54 Å². The topological polar surface area (TPSA) is 24.9 Å². The van der Waals surface area contributed by atoms with Crippen molar-refractivity contribution in [2.24, 2.45) is 0 Å². The van der Waals surface area contributed by atoms with E-state index in [4.69, 9.17) is 8.22 Å². The summed E-state index contributed by atoms with van der Waals surface area (Å²) in [7, 11) is 1.74. The Bertz CT molecular complexity index is 360. The summed E-state index contributed by atoms with van der Waals surface area (Å²) in [5, 5.41) is 4.70. The Morgan fingerprint density at radius 2 is 2.50 bits per heavy atom. The second-order valence-corrected chi connectivity index (χ2v) is 3.03. The first-order valence-electron chi connectivity index (χ1n) is 6.25. The van der Waals surface area contributed by atoms with Crippen molar-refractivity contribution in [1.82, 2.24) is 10.3 Å². The van der Waals surface area contributed by atoms with Gasteiger partial charge in [-0.3, -0.25) is 0 Å². The van der Waals surface area contributed by atoms with Crippen molar-refractivity contribution in [2.75, 3.05) is 7.05 Å². The Labute approximate surface area is 92.2 Å². The van der Waals surface area contributed by atoms with E-state index in [1.807, 2.05) is 0 Å². The molecule has 0 aliphatic rings. The second-order valence-electron chi connectivity index (χ2n) is 2.14. The van der Waals surface area contributed by atoms with Gasteiger partial charge in [0.15, 0.2) is 0 Å². The van der Waals surface area contributed by atoms with Crippen molar-refractivity contribution < 1.29 is 8.22 Å². The Balaban J connectivity index is 0.00000289. The van der Waals surface area contributed by atoms with Crippen LogP contribution in [0, 0.1) is 0 Å². The van der Waals surface area contributed by atoms with Crippen molar-refractivity contribution in [1.29, 1.82) is 0 Å². The van der Waals surface area contributed by atoms with Crippen molar-refractivity contribution >= 4 is 23.7 Å². The molecule has 4 heteroatoms. The molecule has 0 aliphatic carbocycles. The molecule has 1 aromatic heterocycles. The summed E-state index contributed by atoms with van der Waals surface area (Å²) in [5.74, 6) is -1.51. The molecule has 0 spiro atoms. The first-order valence-corrected chi connectivity index (χ1v) is 4.13. The number of rotatable bonds is 3. The number of nitrogens with zero attached hydrogens (tertiary/aromatic N) is 1. The lowest BCUT2D eigenvalue weighted by atomic mass is 10.2. The van der Waals surface area contributed by atoms with Crippen LogP contribution in [-0.4, -0.2) is 12.0 Å². The van der Waals surface area contributed by atoms with Crippen LogP contribution in [0.2, 0.25) is 0 Å². The number of hydrogen-bond donors (Lipinski definition) is 1. The summed E-state index contributed by atoms with van der Waals surface area (Å²) < 4.78 is 43.9. The first kappa shape index (κ1) is 4.94. The van der Waals surface area contributed by atoms with Gasteiger partial charge in [-0.1, -0.05) is 13.7 Å². The Morgan fingerprint density at radius 3 is 3.08 bits per heavy atom. The molecular formula is C8H15ClN2S. The van der Waals surface area contributed by atoms with Gasteiger partial charge in [0.1, 0.15) is 0 Å². The fraction of sp³-hybridized carbons (Fsp3) is 0.625. The van der Waals surface area contributed by atoms with Gasteiger partial charge in [-0.25, -0.2) is 4.98 Å². The fourth-order valence-electron chi connectivity index (χ4n) is 0.718. The van der Waals surface area contributed by atoms with Gasteiger partial charge in [0, 0.05) is 26.1 Å². The largest absolute Gasteiger partial charge is 0.314 e. The van der Waals surface area contributed by atoms with Crippen molar-refractivity contribution in [2.45, 2.75) is 26.2 Å². The zero-order valence-corrected chi connectivity index (χ0v) is 8.26. The average molecular weight is 213 g/mol. The molecule has 0 amide bonds. The second kappa shape index (κ2) is 5.51. The molecule has 0 radical (unpaired) electrons. The molecule has 0 fully saturated rings. The molecule has 0 saturated heterocycles. The van der Waals surface area contributed by atoms with E-state index in [0.717, 1.165) is 11.3 Å². The summed E-state index contributed by atoms with van der Waals surface area (Å²) in [6.07, 6.45) is 0. The maximum atomic E-state index is 7.32. The van der Waals surface area contributed by atoms with E-state index in [-0.39, 0.29) is 17.4 Å². The normalized spacial score (nSPS) is 19.5. The van der Waals surface area contributed by atoms with Gasteiger partial charge in [0.25, 0.3) is 0 Å². The number of nitrogens with one attached hydrogen (secondary N) is 1. The predicted octanol–water partition coefficient (Wildman–Crippen LogP) is 2.41. The van der Waals surface area contributed by atoms with Crippen LogP contribution < -0.4 is 5.32 Å². The van der Waals surface area contributed by atoms with Gasteiger partial charge in [-0.05, 0) is 7.05 Å². The van der Waals surface area contributed by atoms with Gasteiger partial charge < -0.3 is 5.32 Å². The summed E-state index contributed by atoms with van der Waals surface area (Å²) in [4.78, 5) is 4.07. The van der Waals surface area contributed by atoms with Crippen LogP contribution >= 0.6 is 23.7 Å². The van der Waals surface area contributed by atoms with Crippen LogP contribution in [0.3, 0.4) is 0 Å². The summed E-state index contributed by atoms with van der Waals surface area (Å²) >= 11 is 1.08. The van der Waals surface area contributed by atoms with Gasteiger partial charge in [0.05, 0.1) is 10.7 Å². The predicted molar refractivity (Wildman–Crippen MR) is 56.2 cm³/mol. The Kier molecular flexibility index (Phi) is 2.27. The van der Waals surface area contributed by atoms with Gasteiger partial charge >= 0.3 is 0 Å². The zero-order valence-electron chi connectivity index (χ0n) is 12.6. The van der Waals surface area contributed by atoms with Crippen LogP contribution in [0.5, 0.6) is 0 Å². The molecular weight excluding hydrogens is 192 g/mol. The molecule has 0 atom stereocenters. The number of aromatic nitrogens is 1. The minimum atomic E-state index is -2.57. The number of thiazole rings is 1. The maximum absolute atomic E-state index is 7.32. The summed E-state index contributed by atoms with van der Waals surface area (Å²) in [5.41, 5.74) is 0.658. The van der Waals surface area contributed by atoms with E-state index in [0.29, 0.717) is 12.2 Å². The fourth-order valence-corrected chi connectivity index (χ4v) is 1.42. The smallest absolute Gasteiger partial charge is 0.0954 e.